The van der Waals surface area contributed by atoms with Gasteiger partial charge in [-0.1, -0.05) is 24.3 Å². The molecule has 0 bridgehead atoms. The van der Waals surface area contributed by atoms with Crippen molar-refractivity contribution in [2.45, 2.75) is 23.8 Å². The van der Waals surface area contributed by atoms with Gasteiger partial charge in [-0.25, -0.2) is 17.5 Å². The minimum absolute atomic E-state index is 0.0123. The quantitative estimate of drug-likeness (QED) is 0.760. The van der Waals surface area contributed by atoms with E-state index in [0.717, 1.165) is 36.1 Å². The molecule has 0 amide bonds. The fourth-order valence-electron chi connectivity index (χ4n) is 2.71. The Morgan fingerprint density at radius 3 is 2.45 bits per heavy atom. The normalized spacial score (nSPS) is 17.5. The Hall–Kier alpha value is -0.760. The number of nitrogens with one attached hydrogen (secondary N) is 1. The van der Waals surface area contributed by atoms with Crippen molar-refractivity contribution < 1.29 is 12.8 Å². The van der Waals surface area contributed by atoms with Gasteiger partial charge >= 0.3 is 0 Å². The topological polar surface area (TPSA) is 46.2 Å². The summed E-state index contributed by atoms with van der Waals surface area (Å²) in [6.07, 6.45) is 1.56. The van der Waals surface area contributed by atoms with Crippen LogP contribution in [0.1, 0.15) is 23.6 Å². The van der Waals surface area contributed by atoms with E-state index in [1.807, 2.05) is 24.3 Å². The average molecular weight is 449 g/mol. The van der Waals surface area contributed by atoms with E-state index in [4.69, 9.17) is 0 Å². The van der Waals surface area contributed by atoms with Crippen molar-refractivity contribution in [1.29, 1.82) is 0 Å². The fourth-order valence-corrected chi connectivity index (χ4v) is 6.49. The van der Waals surface area contributed by atoms with Gasteiger partial charge in [0.25, 0.3) is 0 Å². The predicted octanol–water partition coefficient (Wildman–Crippen LogP) is 4.32. The first-order chi connectivity index (χ1) is 10.4. The summed E-state index contributed by atoms with van der Waals surface area (Å²) in [7, 11) is -3.77. The highest BCUT2D eigenvalue weighted by molar-refractivity contribution is 9.11. The van der Waals surface area contributed by atoms with Gasteiger partial charge in [-0.3, -0.25) is 0 Å². The molecule has 22 heavy (non-hydrogen) atoms. The first-order valence-corrected chi connectivity index (χ1v) is 9.70. The van der Waals surface area contributed by atoms with Crippen LogP contribution in [0.5, 0.6) is 0 Å². The van der Waals surface area contributed by atoms with Gasteiger partial charge in [0.05, 0.1) is 0 Å². The second kappa shape index (κ2) is 6.03. The van der Waals surface area contributed by atoms with Crippen LogP contribution >= 0.6 is 31.9 Å². The lowest BCUT2D eigenvalue weighted by molar-refractivity contribution is 0.553. The van der Waals surface area contributed by atoms with Gasteiger partial charge in [0.15, 0.2) is 0 Å². The van der Waals surface area contributed by atoms with Crippen molar-refractivity contribution in [1.82, 2.24) is 4.72 Å². The molecule has 0 saturated heterocycles. The van der Waals surface area contributed by atoms with Crippen molar-refractivity contribution in [3.63, 3.8) is 0 Å². The van der Waals surface area contributed by atoms with E-state index in [1.165, 1.54) is 0 Å². The number of rotatable bonds is 3. The van der Waals surface area contributed by atoms with Crippen LogP contribution in [-0.4, -0.2) is 8.42 Å². The minimum atomic E-state index is -3.77. The maximum Gasteiger partial charge on any atom is 0.243 e. The maximum atomic E-state index is 13.3. The molecule has 0 saturated carbocycles. The van der Waals surface area contributed by atoms with Gasteiger partial charge in [0.1, 0.15) is 10.7 Å². The molecule has 2 aromatic carbocycles. The Morgan fingerprint density at radius 2 is 1.77 bits per heavy atom. The molecule has 0 heterocycles. The summed E-state index contributed by atoms with van der Waals surface area (Å²) in [6.45, 7) is 0. The van der Waals surface area contributed by atoms with Crippen molar-refractivity contribution in [2.24, 2.45) is 0 Å². The number of fused-ring (bicyclic) bond motifs is 1. The zero-order valence-electron chi connectivity index (χ0n) is 11.3. The molecule has 0 fully saturated rings. The Morgan fingerprint density at radius 1 is 1.14 bits per heavy atom. The molecule has 0 spiro atoms. The molecule has 3 rings (SSSR count). The van der Waals surface area contributed by atoms with Gasteiger partial charge in [-0.15, -0.1) is 0 Å². The van der Waals surface area contributed by atoms with Crippen molar-refractivity contribution in [2.75, 3.05) is 0 Å². The lowest BCUT2D eigenvalue weighted by Gasteiger charge is -2.16. The lowest BCUT2D eigenvalue weighted by atomic mass is 10.1. The molecule has 1 N–H and O–H groups in total. The summed E-state index contributed by atoms with van der Waals surface area (Å²) in [4.78, 5) is 0.0123. The van der Waals surface area contributed by atoms with E-state index in [-0.39, 0.29) is 19.9 Å². The van der Waals surface area contributed by atoms with Crippen molar-refractivity contribution >= 4 is 41.9 Å². The van der Waals surface area contributed by atoms with Crippen molar-refractivity contribution in [3.8, 4) is 0 Å². The summed E-state index contributed by atoms with van der Waals surface area (Å²) in [5.74, 6) is -0.510. The molecule has 1 aliphatic carbocycles. The van der Waals surface area contributed by atoms with Crippen molar-refractivity contribution in [3.05, 3.63) is 62.3 Å². The summed E-state index contributed by atoms with van der Waals surface area (Å²) in [5.41, 5.74) is 2.16. The molecule has 7 heteroatoms. The van der Waals surface area contributed by atoms with Crippen LogP contribution in [0, 0.1) is 5.82 Å². The van der Waals surface area contributed by atoms with E-state index in [1.54, 1.807) is 0 Å². The predicted molar refractivity (Wildman–Crippen MR) is 89.6 cm³/mol. The molecule has 2 aromatic rings. The first kappa shape index (κ1) is 16.1. The maximum absolute atomic E-state index is 13.3. The van der Waals surface area contributed by atoms with Gasteiger partial charge in [0, 0.05) is 15.0 Å². The molecule has 0 radical (unpaired) electrons. The van der Waals surface area contributed by atoms with E-state index in [0.29, 0.717) is 0 Å². The summed E-state index contributed by atoms with van der Waals surface area (Å²) >= 11 is 6.25. The summed E-state index contributed by atoms with van der Waals surface area (Å²) in [5, 5.41) is 0. The third-order valence-corrected chi connectivity index (χ3v) is 7.01. The van der Waals surface area contributed by atoms with E-state index in [2.05, 4.69) is 36.6 Å². The molecule has 0 aromatic heterocycles. The number of hydrogen-bond donors (Lipinski definition) is 1. The van der Waals surface area contributed by atoms with Crippen LogP contribution in [0.3, 0.4) is 0 Å². The molecule has 116 valence electrons. The van der Waals surface area contributed by atoms with Crippen LogP contribution in [0.4, 0.5) is 4.39 Å². The second-order valence-corrected chi connectivity index (χ2v) is 8.47. The Labute approximate surface area is 145 Å². The van der Waals surface area contributed by atoms with Crippen LogP contribution in [0.25, 0.3) is 0 Å². The molecule has 1 unspecified atom stereocenters. The molecule has 0 aliphatic heterocycles. The monoisotopic (exact) mass is 447 g/mol. The van der Waals surface area contributed by atoms with Gasteiger partial charge in [0.2, 0.25) is 10.0 Å². The number of benzene rings is 2. The van der Waals surface area contributed by atoms with Gasteiger partial charge in [-0.05, 0) is 68.0 Å². The van der Waals surface area contributed by atoms with Crippen LogP contribution in [-0.2, 0) is 16.4 Å². The highest BCUT2D eigenvalue weighted by Gasteiger charge is 2.29. The Balaban J connectivity index is 1.96. The highest BCUT2D eigenvalue weighted by Crippen LogP contribution is 2.35. The summed E-state index contributed by atoms with van der Waals surface area (Å²) < 4.78 is 41.7. The number of halogens is 3. The zero-order chi connectivity index (χ0) is 15.9. The first-order valence-electron chi connectivity index (χ1n) is 6.63. The van der Waals surface area contributed by atoms with Crippen LogP contribution in [0.15, 0.2) is 50.2 Å². The molecule has 3 nitrogen and oxygen atoms in total. The van der Waals surface area contributed by atoms with Gasteiger partial charge < -0.3 is 0 Å². The fraction of sp³-hybridized carbons (Fsp3) is 0.200. The van der Waals surface area contributed by atoms with E-state index < -0.39 is 15.8 Å². The summed E-state index contributed by atoms with van der Waals surface area (Å²) in [6, 6.07) is 9.81. The number of sulfonamides is 1. The Bertz CT molecular complexity index is 816. The van der Waals surface area contributed by atoms with E-state index in [9.17, 15) is 12.8 Å². The minimum Gasteiger partial charge on any atom is -0.207 e. The largest absolute Gasteiger partial charge is 0.243 e. The smallest absolute Gasteiger partial charge is 0.207 e. The number of hydrogen-bond acceptors (Lipinski definition) is 2. The molecule has 1 aliphatic rings. The van der Waals surface area contributed by atoms with Gasteiger partial charge in [-0.2, -0.15) is 0 Å². The SMILES string of the molecule is O=S(=O)(NC1CCc2ccccc21)c1c(Br)cc(F)cc1Br. The highest BCUT2D eigenvalue weighted by atomic mass is 79.9. The third kappa shape index (κ3) is 2.99. The molecular weight excluding hydrogens is 437 g/mol. The zero-order valence-corrected chi connectivity index (χ0v) is 15.3. The van der Waals surface area contributed by atoms with Crippen LogP contribution in [0.2, 0.25) is 0 Å². The average Bonchev–Trinajstić information content (AvgIpc) is 2.80. The molecule has 1 atom stereocenters. The second-order valence-electron chi connectivity index (χ2n) is 5.11. The lowest BCUT2D eigenvalue weighted by Crippen LogP contribution is -2.28. The Kier molecular flexibility index (Phi) is 4.42. The number of aryl methyl sites for hydroxylation is 1. The molecular formula is C15H12Br2FNO2S. The van der Waals surface area contributed by atoms with Crippen LogP contribution < -0.4 is 4.72 Å². The standard InChI is InChI=1S/C15H12Br2FNO2S/c16-12-7-10(18)8-13(17)15(12)22(20,21)19-14-6-5-9-3-1-2-4-11(9)14/h1-4,7-8,14,19H,5-6H2. The van der Waals surface area contributed by atoms with E-state index >= 15 is 0 Å². The third-order valence-electron chi connectivity index (χ3n) is 3.66.